The second kappa shape index (κ2) is 9.04. The molecule has 0 bridgehead atoms. The zero-order valence-electron chi connectivity index (χ0n) is 14.9. The van der Waals surface area contributed by atoms with Crippen LogP contribution in [0.1, 0.15) is 56.1 Å². The molecule has 3 unspecified atom stereocenters. The van der Waals surface area contributed by atoms with Crippen LogP contribution >= 0.6 is 24.0 Å². The van der Waals surface area contributed by atoms with E-state index < -0.39 is 0 Å². The summed E-state index contributed by atoms with van der Waals surface area (Å²) in [4.78, 5) is 4.33. The van der Waals surface area contributed by atoms with Crippen molar-refractivity contribution < 1.29 is 4.74 Å². The minimum atomic E-state index is 0. The first-order valence-corrected chi connectivity index (χ1v) is 8.86. The summed E-state index contributed by atoms with van der Waals surface area (Å²) in [5.41, 5.74) is 2.84. The molecule has 0 aromatic heterocycles. The molecule has 1 aliphatic heterocycles. The molecule has 1 aliphatic carbocycles. The van der Waals surface area contributed by atoms with Crippen LogP contribution in [0.4, 0.5) is 0 Å². The van der Waals surface area contributed by atoms with Gasteiger partial charge in [0.25, 0.3) is 0 Å². The van der Waals surface area contributed by atoms with Crippen molar-refractivity contribution in [1.82, 2.24) is 10.6 Å². The van der Waals surface area contributed by atoms with Gasteiger partial charge in [-0.05, 0) is 36.3 Å². The van der Waals surface area contributed by atoms with Gasteiger partial charge < -0.3 is 15.4 Å². The molecule has 0 spiro atoms. The third-order valence-electron chi connectivity index (χ3n) is 4.89. The number of nitrogens with zero attached hydrogens (tertiary/aromatic N) is 1. The number of nitrogens with one attached hydrogen (secondary N) is 2. The first-order chi connectivity index (χ1) is 11.2. The van der Waals surface area contributed by atoms with Crippen LogP contribution in [0, 0.1) is 0 Å². The highest BCUT2D eigenvalue weighted by atomic mass is 127. The fourth-order valence-corrected chi connectivity index (χ4v) is 3.24. The lowest BCUT2D eigenvalue weighted by Gasteiger charge is -2.15. The molecule has 1 aromatic rings. The number of hydrogen-bond acceptors (Lipinski definition) is 2. The van der Waals surface area contributed by atoms with Gasteiger partial charge in [0.1, 0.15) is 0 Å². The molecule has 0 radical (unpaired) electrons. The highest BCUT2D eigenvalue weighted by molar-refractivity contribution is 14.0. The van der Waals surface area contributed by atoms with Crippen LogP contribution in [-0.4, -0.2) is 38.3 Å². The van der Waals surface area contributed by atoms with E-state index in [2.05, 4.69) is 53.7 Å². The van der Waals surface area contributed by atoms with Gasteiger partial charge >= 0.3 is 0 Å². The zero-order valence-corrected chi connectivity index (χ0v) is 17.2. The van der Waals surface area contributed by atoms with E-state index in [0.29, 0.717) is 24.0 Å². The van der Waals surface area contributed by atoms with E-state index >= 15 is 0 Å². The molecule has 1 saturated heterocycles. The van der Waals surface area contributed by atoms with Crippen molar-refractivity contribution in [2.24, 2.45) is 4.99 Å². The fraction of sp³-hybridized carbons (Fsp3) is 0.632. The summed E-state index contributed by atoms with van der Waals surface area (Å²) >= 11 is 0. The summed E-state index contributed by atoms with van der Waals surface area (Å²) in [6.45, 7) is 6.22. The van der Waals surface area contributed by atoms with Crippen LogP contribution in [0.15, 0.2) is 29.3 Å². The largest absolute Gasteiger partial charge is 0.376 e. The summed E-state index contributed by atoms with van der Waals surface area (Å²) in [5, 5.41) is 6.93. The Hall–Kier alpha value is -0.820. The minimum absolute atomic E-state index is 0. The maximum absolute atomic E-state index is 5.64. The summed E-state index contributed by atoms with van der Waals surface area (Å²) in [7, 11) is 1.83. The molecule has 2 N–H and O–H groups in total. The van der Waals surface area contributed by atoms with Crippen LogP contribution in [0.5, 0.6) is 0 Å². The summed E-state index contributed by atoms with van der Waals surface area (Å²) in [6.07, 6.45) is 3.85. The van der Waals surface area contributed by atoms with Crippen LogP contribution in [-0.2, 0) is 4.74 Å². The van der Waals surface area contributed by atoms with Crippen LogP contribution < -0.4 is 10.6 Å². The Balaban J connectivity index is 0.00000208. The molecule has 3 rings (SSSR count). The first-order valence-electron chi connectivity index (χ1n) is 8.86. The zero-order chi connectivity index (χ0) is 16.2. The normalized spacial score (nSPS) is 26.2. The molecular weight excluding hydrogens is 413 g/mol. The number of hydrogen-bond donors (Lipinski definition) is 2. The van der Waals surface area contributed by atoms with Crippen molar-refractivity contribution in [1.29, 1.82) is 0 Å². The summed E-state index contributed by atoms with van der Waals surface area (Å²) < 4.78 is 5.64. The van der Waals surface area contributed by atoms with Crippen molar-refractivity contribution in [3.63, 3.8) is 0 Å². The lowest BCUT2D eigenvalue weighted by Crippen LogP contribution is -2.42. The second-order valence-electron chi connectivity index (χ2n) is 7.00. The van der Waals surface area contributed by atoms with Gasteiger partial charge in [-0.2, -0.15) is 0 Å². The standard InChI is InChI=1S/C19H29N3O.HI/c1-13(2)14-6-8-15(9-7-14)17-11-18(17)22-19(20-3)21-12-16-5-4-10-23-16;/h6-9,13,16-18H,4-5,10-12H2,1-3H3,(H2,20,21,22);1H. The number of benzene rings is 1. The molecule has 0 amide bonds. The number of aliphatic imine (C=N–C) groups is 1. The monoisotopic (exact) mass is 443 g/mol. The third-order valence-corrected chi connectivity index (χ3v) is 4.89. The maximum Gasteiger partial charge on any atom is 0.191 e. The molecule has 2 aliphatic rings. The highest BCUT2D eigenvalue weighted by Crippen LogP contribution is 2.41. The van der Waals surface area contributed by atoms with Gasteiger partial charge in [0.05, 0.1) is 6.10 Å². The average molecular weight is 443 g/mol. The molecule has 4 nitrogen and oxygen atoms in total. The molecule has 1 saturated carbocycles. The average Bonchev–Trinajstić information content (AvgIpc) is 3.13. The van der Waals surface area contributed by atoms with Gasteiger partial charge in [0, 0.05) is 32.2 Å². The van der Waals surface area contributed by atoms with Gasteiger partial charge in [-0.15, -0.1) is 24.0 Å². The van der Waals surface area contributed by atoms with Gasteiger partial charge in [-0.1, -0.05) is 38.1 Å². The van der Waals surface area contributed by atoms with E-state index in [0.717, 1.165) is 25.5 Å². The molecule has 24 heavy (non-hydrogen) atoms. The SMILES string of the molecule is CN=C(NCC1CCCO1)NC1CC1c1ccc(C(C)C)cc1.I. The van der Waals surface area contributed by atoms with Crippen molar-refractivity contribution in [2.75, 3.05) is 20.2 Å². The van der Waals surface area contributed by atoms with E-state index in [-0.39, 0.29) is 24.0 Å². The Morgan fingerprint density at radius 3 is 2.62 bits per heavy atom. The second-order valence-corrected chi connectivity index (χ2v) is 7.00. The van der Waals surface area contributed by atoms with Gasteiger partial charge in [0.2, 0.25) is 0 Å². The Morgan fingerprint density at radius 2 is 2.04 bits per heavy atom. The van der Waals surface area contributed by atoms with Crippen molar-refractivity contribution >= 4 is 29.9 Å². The number of rotatable bonds is 5. The predicted octanol–water partition coefficient (Wildman–Crippen LogP) is 3.63. The smallest absolute Gasteiger partial charge is 0.191 e. The minimum Gasteiger partial charge on any atom is -0.376 e. The third kappa shape index (κ3) is 5.09. The molecule has 2 fully saturated rings. The highest BCUT2D eigenvalue weighted by Gasteiger charge is 2.39. The molecule has 3 atom stereocenters. The van der Waals surface area contributed by atoms with E-state index in [1.54, 1.807) is 0 Å². The molecule has 1 aromatic carbocycles. The van der Waals surface area contributed by atoms with Crippen LogP contribution in [0.2, 0.25) is 0 Å². The van der Waals surface area contributed by atoms with E-state index in [1.165, 1.54) is 24.0 Å². The fourth-order valence-electron chi connectivity index (χ4n) is 3.24. The van der Waals surface area contributed by atoms with Crippen molar-refractivity contribution in [3.8, 4) is 0 Å². The Bertz CT molecular complexity index is 538. The first kappa shape index (κ1) is 19.5. The lowest BCUT2D eigenvalue weighted by atomic mass is 10.0. The number of guanidine groups is 1. The predicted molar refractivity (Wildman–Crippen MR) is 111 cm³/mol. The van der Waals surface area contributed by atoms with Crippen molar-refractivity contribution in [3.05, 3.63) is 35.4 Å². The van der Waals surface area contributed by atoms with Gasteiger partial charge in [-0.3, -0.25) is 4.99 Å². The lowest BCUT2D eigenvalue weighted by molar-refractivity contribution is 0.114. The number of halogens is 1. The maximum atomic E-state index is 5.64. The van der Waals surface area contributed by atoms with Crippen LogP contribution in [0.3, 0.4) is 0 Å². The van der Waals surface area contributed by atoms with Gasteiger partial charge in [-0.25, -0.2) is 0 Å². The summed E-state index contributed by atoms with van der Waals surface area (Å²) in [5.74, 6) is 2.10. The van der Waals surface area contributed by atoms with Gasteiger partial charge in [0.15, 0.2) is 5.96 Å². The van der Waals surface area contributed by atoms with E-state index in [1.807, 2.05) is 7.05 Å². The quantitative estimate of drug-likeness (QED) is 0.415. The van der Waals surface area contributed by atoms with Crippen LogP contribution in [0.25, 0.3) is 0 Å². The summed E-state index contributed by atoms with van der Waals surface area (Å²) in [6, 6.07) is 9.59. The van der Waals surface area contributed by atoms with E-state index in [4.69, 9.17) is 4.74 Å². The van der Waals surface area contributed by atoms with Crippen molar-refractivity contribution in [2.45, 2.75) is 57.1 Å². The Labute approximate surface area is 162 Å². The number of ether oxygens (including phenoxy) is 1. The molecule has 5 heteroatoms. The van der Waals surface area contributed by atoms with E-state index in [9.17, 15) is 0 Å². The Morgan fingerprint density at radius 1 is 1.29 bits per heavy atom. The Kier molecular flexibility index (Phi) is 7.34. The molecular formula is C19H30IN3O. The molecule has 1 heterocycles. The molecule has 134 valence electrons. The topological polar surface area (TPSA) is 45.7 Å².